The molecule has 0 saturated carbocycles. The van der Waals surface area contributed by atoms with Crippen molar-refractivity contribution in [2.75, 3.05) is 5.32 Å². The minimum Gasteiger partial charge on any atom is -0.451 e. The molecular weight excluding hydrogens is 448 g/mol. The van der Waals surface area contributed by atoms with Crippen LogP contribution in [0, 0.1) is 0 Å². The largest absolute Gasteiger partial charge is 0.451 e. The number of alkyl halides is 3. The second-order valence-electron chi connectivity index (χ2n) is 5.72. The molecule has 4 nitrogen and oxygen atoms in total. The minimum absolute atomic E-state index is 0.107. The van der Waals surface area contributed by atoms with Crippen LogP contribution in [0.1, 0.15) is 16.1 Å². The molecule has 0 aliphatic rings. The summed E-state index contributed by atoms with van der Waals surface area (Å²) in [7, 11) is 0. The molecule has 2 N–H and O–H groups in total. The van der Waals surface area contributed by atoms with Gasteiger partial charge in [0.1, 0.15) is 5.76 Å². The van der Waals surface area contributed by atoms with Crippen LogP contribution in [0.5, 0.6) is 0 Å². The number of para-hydroxylation sites is 1. The van der Waals surface area contributed by atoms with Crippen LogP contribution in [0.25, 0.3) is 11.3 Å². The molecule has 2 aromatic carbocycles. The van der Waals surface area contributed by atoms with E-state index in [1.807, 2.05) is 0 Å². The van der Waals surface area contributed by atoms with Crippen molar-refractivity contribution < 1.29 is 22.4 Å². The summed E-state index contributed by atoms with van der Waals surface area (Å²) in [4.78, 5) is 12.3. The van der Waals surface area contributed by atoms with Crippen LogP contribution in [0.2, 0.25) is 10.0 Å². The molecule has 0 saturated heterocycles. The Bertz CT molecular complexity index is 1080. The highest BCUT2D eigenvalue weighted by molar-refractivity contribution is 7.80. The SMILES string of the molecule is O=C(NC(=S)Nc1ccccc1C(F)(F)F)c1ccc(-c2cccc(Cl)c2Cl)o1. The smallest absolute Gasteiger partial charge is 0.418 e. The second-order valence-corrected chi connectivity index (χ2v) is 6.91. The molecular formula is C19H11Cl2F3N2O2S. The molecule has 0 fully saturated rings. The number of furan rings is 1. The summed E-state index contributed by atoms with van der Waals surface area (Å²) < 4.78 is 44.6. The van der Waals surface area contributed by atoms with Gasteiger partial charge in [-0.2, -0.15) is 13.2 Å². The first-order chi connectivity index (χ1) is 13.7. The third-order valence-corrected chi connectivity index (χ3v) is 4.78. The van der Waals surface area contributed by atoms with Crippen LogP contribution in [0.3, 0.4) is 0 Å². The number of halogens is 5. The van der Waals surface area contributed by atoms with Crippen molar-refractivity contribution in [3.8, 4) is 11.3 Å². The van der Waals surface area contributed by atoms with Crippen LogP contribution in [-0.4, -0.2) is 11.0 Å². The van der Waals surface area contributed by atoms with Crippen LogP contribution in [0.4, 0.5) is 18.9 Å². The summed E-state index contributed by atoms with van der Waals surface area (Å²) in [5, 5.41) is 4.91. The molecule has 3 rings (SSSR count). The Balaban J connectivity index is 1.73. The molecule has 1 amide bonds. The highest BCUT2D eigenvalue weighted by Crippen LogP contribution is 2.35. The predicted molar refractivity (Wildman–Crippen MR) is 109 cm³/mol. The molecule has 1 heterocycles. The Hall–Kier alpha value is -2.55. The summed E-state index contributed by atoms with van der Waals surface area (Å²) in [5.74, 6) is -0.551. The standard InChI is InChI=1S/C19H11Cl2F3N2O2S/c20-12-6-3-4-10(16(12)21)14-8-9-15(28-14)17(27)26-18(29)25-13-7-2-1-5-11(13)19(22,23)24/h1-9H,(H2,25,26,27,29). The van der Waals surface area contributed by atoms with E-state index in [9.17, 15) is 18.0 Å². The lowest BCUT2D eigenvalue weighted by atomic mass is 10.1. The molecule has 0 spiro atoms. The number of amides is 1. The number of benzene rings is 2. The molecule has 3 aromatic rings. The van der Waals surface area contributed by atoms with E-state index in [0.717, 1.165) is 6.07 Å². The number of carbonyl (C=O) groups excluding carboxylic acids is 1. The monoisotopic (exact) mass is 458 g/mol. The Morgan fingerprint density at radius 2 is 1.72 bits per heavy atom. The van der Waals surface area contributed by atoms with Gasteiger partial charge in [0.05, 0.1) is 21.3 Å². The van der Waals surface area contributed by atoms with E-state index in [-0.39, 0.29) is 21.6 Å². The summed E-state index contributed by atoms with van der Waals surface area (Å²) in [6, 6.07) is 12.6. The highest BCUT2D eigenvalue weighted by atomic mass is 35.5. The van der Waals surface area contributed by atoms with E-state index in [2.05, 4.69) is 10.6 Å². The maximum absolute atomic E-state index is 13.0. The van der Waals surface area contributed by atoms with Crippen LogP contribution in [-0.2, 0) is 6.18 Å². The van der Waals surface area contributed by atoms with Gasteiger partial charge in [0.15, 0.2) is 10.9 Å². The fraction of sp³-hybridized carbons (Fsp3) is 0.0526. The van der Waals surface area contributed by atoms with Gasteiger partial charge in [-0.25, -0.2) is 0 Å². The number of thiocarbonyl (C=S) groups is 1. The zero-order valence-corrected chi connectivity index (χ0v) is 16.6. The van der Waals surface area contributed by atoms with E-state index in [4.69, 9.17) is 39.8 Å². The van der Waals surface area contributed by atoms with Crippen molar-refractivity contribution in [2.24, 2.45) is 0 Å². The topological polar surface area (TPSA) is 54.3 Å². The Kier molecular flexibility index (Phi) is 6.16. The van der Waals surface area contributed by atoms with Crippen LogP contribution >= 0.6 is 35.4 Å². The molecule has 150 valence electrons. The van der Waals surface area contributed by atoms with Crippen LogP contribution < -0.4 is 10.6 Å². The van der Waals surface area contributed by atoms with Gasteiger partial charge in [0.25, 0.3) is 5.91 Å². The Morgan fingerprint density at radius 3 is 2.45 bits per heavy atom. The lowest BCUT2D eigenvalue weighted by molar-refractivity contribution is -0.136. The fourth-order valence-corrected chi connectivity index (χ4v) is 3.05. The van der Waals surface area contributed by atoms with E-state index < -0.39 is 17.6 Å². The maximum Gasteiger partial charge on any atom is 0.418 e. The quantitative estimate of drug-likeness (QED) is 0.445. The molecule has 0 radical (unpaired) electrons. The van der Waals surface area contributed by atoms with Gasteiger partial charge in [0.2, 0.25) is 0 Å². The number of hydrogen-bond acceptors (Lipinski definition) is 3. The first-order valence-corrected chi connectivity index (χ1v) is 9.16. The lowest BCUT2D eigenvalue weighted by Gasteiger charge is -2.14. The summed E-state index contributed by atoms with van der Waals surface area (Å²) in [5.41, 5.74) is -0.707. The molecule has 0 aliphatic carbocycles. The minimum atomic E-state index is -4.57. The normalized spacial score (nSPS) is 11.2. The Labute approximate surface area is 178 Å². The van der Waals surface area contributed by atoms with Gasteiger partial charge in [-0.15, -0.1) is 0 Å². The summed E-state index contributed by atoms with van der Waals surface area (Å²) in [6.45, 7) is 0. The average molecular weight is 459 g/mol. The van der Waals surface area contributed by atoms with E-state index in [1.165, 1.54) is 30.3 Å². The number of rotatable bonds is 3. The number of carbonyl (C=O) groups is 1. The predicted octanol–water partition coefficient (Wildman–Crippen LogP) is 6.40. The van der Waals surface area contributed by atoms with Crippen molar-refractivity contribution in [3.63, 3.8) is 0 Å². The van der Waals surface area contributed by atoms with Gasteiger partial charge < -0.3 is 9.73 Å². The van der Waals surface area contributed by atoms with Crippen molar-refractivity contribution in [1.82, 2.24) is 5.32 Å². The van der Waals surface area contributed by atoms with Crippen molar-refractivity contribution in [2.45, 2.75) is 6.18 Å². The molecule has 0 aliphatic heterocycles. The number of anilines is 1. The highest BCUT2D eigenvalue weighted by Gasteiger charge is 2.33. The lowest BCUT2D eigenvalue weighted by Crippen LogP contribution is -2.34. The molecule has 0 unspecified atom stereocenters. The molecule has 0 atom stereocenters. The van der Waals surface area contributed by atoms with Gasteiger partial charge in [0, 0.05) is 5.56 Å². The number of nitrogens with one attached hydrogen (secondary N) is 2. The maximum atomic E-state index is 13.0. The fourth-order valence-electron chi connectivity index (χ4n) is 2.46. The summed E-state index contributed by atoms with van der Waals surface area (Å²) >= 11 is 17.0. The van der Waals surface area contributed by atoms with E-state index in [1.54, 1.807) is 18.2 Å². The number of hydrogen-bond donors (Lipinski definition) is 2. The van der Waals surface area contributed by atoms with E-state index >= 15 is 0 Å². The summed E-state index contributed by atoms with van der Waals surface area (Å²) in [6.07, 6.45) is -4.57. The zero-order chi connectivity index (χ0) is 21.2. The first kappa shape index (κ1) is 21.2. The first-order valence-electron chi connectivity index (χ1n) is 7.99. The molecule has 29 heavy (non-hydrogen) atoms. The molecule has 1 aromatic heterocycles. The van der Waals surface area contributed by atoms with Gasteiger partial charge in [-0.3, -0.25) is 10.1 Å². The van der Waals surface area contributed by atoms with Crippen molar-refractivity contribution in [3.05, 3.63) is 76.0 Å². The van der Waals surface area contributed by atoms with Crippen LogP contribution in [0.15, 0.2) is 59.0 Å². The Morgan fingerprint density at radius 1 is 1.00 bits per heavy atom. The third kappa shape index (κ3) is 4.90. The van der Waals surface area contributed by atoms with Crippen molar-refractivity contribution in [1.29, 1.82) is 0 Å². The van der Waals surface area contributed by atoms with Gasteiger partial charge in [-0.1, -0.05) is 41.4 Å². The second kappa shape index (κ2) is 8.44. The van der Waals surface area contributed by atoms with Crippen molar-refractivity contribution >= 4 is 52.1 Å². The zero-order valence-electron chi connectivity index (χ0n) is 14.3. The van der Waals surface area contributed by atoms with E-state index in [0.29, 0.717) is 16.3 Å². The molecule has 10 heteroatoms. The van der Waals surface area contributed by atoms with Gasteiger partial charge >= 0.3 is 6.18 Å². The molecule has 0 bridgehead atoms. The average Bonchev–Trinajstić information content (AvgIpc) is 3.13. The third-order valence-electron chi connectivity index (χ3n) is 3.75. The van der Waals surface area contributed by atoms with Gasteiger partial charge in [-0.05, 0) is 48.6 Å².